The van der Waals surface area contributed by atoms with Crippen LogP contribution in [-0.2, 0) is 12.4 Å². The molecule has 0 N–H and O–H groups in total. The van der Waals surface area contributed by atoms with Crippen molar-refractivity contribution in [3.63, 3.8) is 0 Å². The lowest BCUT2D eigenvalue weighted by Crippen LogP contribution is -2.19. The number of hydrogen-bond acceptors (Lipinski definition) is 4. The summed E-state index contributed by atoms with van der Waals surface area (Å²) in [4.78, 5) is 10.1. The second-order valence-electron chi connectivity index (χ2n) is 4.27. The summed E-state index contributed by atoms with van der Waals surface area (Å²) in [5.41, 5.74) is 2.35. The van der Waals surface area contributed by atoms with Crippen LogP contribution in [0.25, 0.3) is 0 Å². The number of alkyl halides is 1. The van der Waals surface area contributed by atoms with Gasteiger partial charge in [0.05, 0.1) is 17.5 Å². The first kappa shape index (κ1) is 14.6. The van der Waals surface area contributed by atoms with Crippen molar-refractivity contribution in [1.29, 1.82) is 5.26 Å². The van der Waals surface area contributed by atoms with Gasteiger partial charge in [-0.1, -0.05) is 23.7 Å². The molecule has 2 rings (SSSR count). The monoisotopic (exact) mass is 306 g/mol. The molecule has 0 unspecified atom stereocenters. The molecular weight excluding hydrogens is 295 g/mol. The first-order valence-electron chi connectivity index (χ1n) is 5.91. The Kier molecular flexibility index (Phi) is 4.78. The first-order chi connectivity index (χ1) is 9.65. The molecule has 6 heteroatoms. The fourth-order valence-electron chi connectivity index (χ4n) is 1.91. The minimum Gasteiger partial charge on any atom is -0.355 e. The van der Waals surface area contributed by atoms with Crippen LogP contribution in [0.15, 0.2) is 30.6 Å². The van der Waals surface area contributed by atoms with E-state index in [0.717, 1.165) is 5.56 Å². The summed E-state index contributed by atoms with van der Waals surface area (Å²) in [5, 5.41) is 9.28. The van der Waals surface area contributed by atoms with Gasteiger partial charge in [-0.25, -0.2) is 9.97 Å². The van der Waals surface area contributed by atoms with E-state index >= 15 is 0 Å². The maximum atomic E-state index is 8.91. The number of nitriles is 1. The number of benzene rings is 1. The average Bonchev–Trinajstić information content (AvgIpc) is 2.47. The highest BCUT2D eigenvalue weighted by atomic mass is 35.5. The molecule has 1 heterocycles. The van der Waals surface area contributed by atoms with Gasteiger partial charge in [0.1, 0.15) is 17.3 Å². The van der Waals surface area contributed by atoms with Gasteiger partial charge in [0.2, 0.25) is 0 Å². The van der Waals surface area contributed by atoms with Gasteiger partial charge in [-0.05, 0) is 17.7 Å². The van der Waals surface area contributed by atoms with Gasteiger partial charge in [0.15, 0.2) is 0 Å². The molecule has 2 aromatic rings. The van der Waals surface area contributed by atoms with Gasteiger partial charge in [-0.3, -0.25) is 0 Å². The molecule has 0 spiro atoms. The van der Waals surface area contributed by atoms with E-state index in [2.05, 4.69) is 16.0 Å². The molecule has 0 saturated heterocycles. The van der Waals surface area contributed by atoms with Crippen LogP contribution in [0.5, 0.6) is 0 Å². The van der Waals surface area contributed by atoms with Crippen LogP contribution in [0.4, 0.5) is 5.82 Å². The molecule has 4 nitrogen and oxygen atoms in total. The van der Waals surface area contributed by atoms with Crippen LogP contribution in [0.2, 0.25) is 5.15 Å². The summed E-state index contributed by atoms with van der Waals surface area (Å²) in [6, 6.07) is 9.56. The van der Waals surface area contributed by atoms with E-state index in [1.807, 2.05) is 30.1 Å². The number of rotatable bonds is 4. The molecule has 0 aliphatic carbocycles. The highest BCUT2D eigenvalue weighted by Gasteiger charge is 2.13. The summed E-state index contributed by atoms with van der Waals surface area (Å²) in [6.07, 6.45) is 1.41. The van der Waals surface area contributed by atoms with Gasteiger partial charge < -0.3 is 4.90 Å². The van der Waals surface area contributed by atoms with Crippen LogP contribution in [0, 0.1) is 11.3 Å². The number of halogens is 2. The molecule has 0 aliphatic heterocycles. The summed E-state index contributed by atoms with van der Waals surface area (Å²) in [6.45, 7) is 0.604. The van der Waals surface area contributed by atoms with Crippen molar-refractivity contribution >= 4 is 29.0 Å². The van der Waals surface area contributed by atoms with E-state index in [9.17, 15) is 0 Å². The Hall–Kier alpha value is -1.83. The van der Waals surface area contributed by atoms with E-state index in [1.165, 1.54) is 6.33 Å². The second kappa shape index (κ2) is 6.56. The smallest absolute Gasteiger partial charge is 0.138 e. The zero-order valence-electron chi connectivity index (χ0n) is 10.8. The van der Waals surface area contributed by atoms with Crippen molar-refractivity contribution in [2.75, 3.05) is 11.9 Å². The van der Waals surface area contributed by atoms with Crippen molar-refractivity contribution in [2.24, 2.45) is 0 Å². The van der Waals surface area contributed by atoms with Crippen molar-refractivity contribution in [2.45, 2.75) is 12.4 Å². The summed E-state index contributed by atoms with van der Waals surface area (Å²) in [5.74, 6) is 0.944. The van der Waals surface area contributed by atoms with E-state index in [4.69, 9.17) is 28.5 Å². The summed E-state index contributed by atoms with van der Waals surface area (Å²) in [7, 11) is 1.90. The Morgan fingerprint density at radius 3 is 2.85 bits per heavy atom. The van der Waals surface area contributed by atoms with Crippen LogP contribution >= 0.6 is 23.2 Å². The molecule has 0 bridgehead atoms. The Morgan fingerprint density at radius 2 is 2.15 bits per heavy atom. The van der Waals surface area contributed by atoms with E-state index < -0.39 is 0 Å². The average molecular weight is 307 g/mol. The maximum absolute atomic E-state index is 8.91. The number of aromatic nitrogens is 2. The Labute approximate surface area is 127 Å². The van der Waals surface area contributed by atoms with E-state index in [-0.39, 0.29) is 5.88 Å². The molecular formula is C14H12Cl2N4. The van der Waals surface area contributed by atoms with Gasteiger partial charge in [0.25, 0.3) is 0 Å². The number of anilines is 1. The summed E-state index contributed by atoms with van der Waals surface area (Å²) < 4.78 is 0. The van der Waals surface area contributed by atoms with Crippen LogP contribution in [-0.4, -0.2) is 17.0 Å². The fourth-order valence-corrected chi connectivity index (χ4v) is 2.42. The molecule has 1 aromatic carbocycles. The first-order valence-corrected chi connectivity index (χ1v) is 6.82. The quantitative estimate of drug-likeness (QED) is 0.642. The van der Waals surface area contributed by atoms with Crippen LogP contribution in [0.3, 0.4) is 0 Å². The fraction of sp³-hybridized carbons (Fsp3) is 0.214. The second-order valence-corrected chi connectivity index (χ2v) is 4.89. The predicted octanol–water partition coefficient (Wildman–Crippen LogP) is 3.38. The molecule has 0 fully saturated rings. The Balaban J connectivity index is 2.26. The predicted molar refractivity (Wildman–Crippen MR) is 79.9 cm³/mol. The lowest BCUT2D eigenvalue weighted by atomic mass is 10.1. The van der Waals surface area contributed by atoms with E-state index in [1.54, 1.807) is 6.07 Å². The van der Waals surface area contributed by atoms with Crippen molar-refractivity contribution in [1.82, 2.24) is 9.97 Å². The van der Waals surface area contributed by atoms with Gasteiger partial charge in [-0.2, -0.15) is 5.26 Å². The molecule has 102 valence electrons. The third kappa shape index (κ3) is 3.19. The lowest BCUT2D eigenvalue weighted by Gasteiger charge is -2.20. The van der Waals surface area contributed by atoms with Crippen molar-refractivity contribution < 1.29 is 0 Å². The molecule has 0 amide bonds. The SMILES string of the molecule is CN(Cc1cccc(C#N)c1)c1ncnc(Cl)c1CCl. The minimum atomic E-state index is 0.248. The normalized spacial score (nSPS) is 10.1. The number of nitrogens with zero attached hydrogens (tertiary/aromatic N) is 4. The van der Waals surface area contributed by atoms with Crippen LogP contribution < -0.4 is 4.90 Å². The largest absolute Gasteiger partial charge is 0.355 e. The Bertz CT molecular complexity index is 652. The van der Waals surface area contributed by atoms with Gasteiger partial charge in [-0.15, -0.1) is 11.6 Å². The maximum Gasteiger partial charge on any atom is 0.138 e. The topological polar surface area (TPSA) is 52.8 Å². The highest BCUT2D eigenvalue weighted by Crippen LogP contribution is 2.25. The zero-order chi connectivity index (χ0) is 14.5. The standard InChI is InChI=1S/C14H12Cl2N4/c1-20(8-11-4-2-3-10(5-11)7-17)14-12(6-15)13(16)18-9-19-14/h2-5,9H,6,8H2,1H3. The highest BCUT2D eigenvalue weighted by molar-refractivity contribution is 6.31. The molecule has 0 radical (unpaired) electrons. The van der Waals surface area contributed by atoms with Gasteiger partial charge >= 0.3 is 0 Å². The third-order valence-electron chi connectivity index (χ3n) is 2.84. The van der Waals surface area contributed by atoms with Crippen molar-refractivity contribution in [3.05, 3.63) is 52.4 Å². The third-order valence-corrected chi connectivity index (χ3v) is 3.43. The minimum absolute atomic E-state index is 0.248. The van der Waals surface area contributed by atoms with Gasteiger partial charge in [0, 0.05) is 19.2 Å². The zero-order valence-corrected chi connectivity index (χ0v) is 12.4. The molecule has 20 heavy (non-hydrogen) atoms. The van der Waals surface area contributed by atoms with Crippen LogP contribution in [0.1, 0.15) is 16.7 Å². The molecule has 1 aromatic heterocycles. The molecule has 0 saturated carbocycles. The molecule has 0 atom stereocenters. The Morgan fingerprint density at radius 1 is 1.35 bits per heavy atom. The lowest BCUT2D eigenvalue weighted by molar-refractivity contribution is 0.880. The van der Waals surface area contributed by atoms with Crippen molar-refractivity contribution in [3.8, 4) is 6.07 Å². The summed E-state index contributed by atoms with van der Waals surface area (Å²) >= 11 is 11.9. The number of hydrogen-bond donors (Lipinski definition) is 0. The van der Waals surface area contributed by atoms with E-state index in [0.29, 0.717) is 28.6 Å². The molecule has 0 aliphatic rings.